The van der Waals surface area contributed by atoms with E-state index in [0.717, 1.165) is 12.1 Å². The molecule has 1 N–H and O–H groups in total. The van der Waals surface area contributed by atoms with Crippen LogP contribution in [0.25, 0.3) is 0 Å². The first-order chi connectivity index (χ1) is 7.41. The Bertz CT molecular complexity index is 431. The van der Waals surface area contributed by atoms with Crippen molar-refractivity contribution in [2.75, 3.05) is 0 Å². The van der Waals surface area contributed by atoms with Crippen LogP contribution in [0.3, 0.4) is 0 Å². The molecule has 1 aromatic carbocycles. The lowest BCUT2D eigenvalue weighted by atomic mass is 9.92. The Balaban J connectivity index is 3.15. The number of Topliss-reactive ketones (excluding diaryl/α,β-unsaturated/α-hetero) is 1. The summed E-state index contributed by atoms with van der Waals surface area (Å²) in [7, 11) is 0. The molecule has 0 bridgehead atoms. The monoisotopic (exact) mass is 228 g/mol. The Labute approximate surface area is 90.7 Å². The van der Waals surface area contributed by atoms with Crippen LogP contribution >= 0.6 is 0 Å². The first-order valence-corrected chi connectivity index (χ1v) is 4.64. The molecule has 5 heteroatoms. The van der Waals surface area contributed by atoms with Crippen molar-refractivity contribution in [2.24, 2.45) is 0 Å². The fourth-order valence-corrected chi connectivity index (χ4v) is 1.27. The fraction of sp³-hybridized carbons (Fsp3) is 0.273. The third-order valence-electron chi connectivity index (χ3n) is 2.27. The second-order valence-electron chi connectivity index (χ2n) is 3.30. The van der Waals surface area contributed by atoms with Gasteiger partial charge in [0.05, 0.1) is 0 Å². The molecule has 0 saturated heterocycles. The minimum absolute atomic E-state index is 0.285. The number of halogens is 2. The van der Waals surface area contributed by atoms with E-state index in [2.05, 4.69) is 0 Å². The fourth-order valence-electron chi connectivity index (χ4n) is 1.27. The van der Waals surface area contributed by atoms with Crippen LogP contribution in [0, 0.1) is 5.82 Å². The topological polar surface area (TPSA) is 54.4 Å². The highest BCUT2D eigenvalue weighted by molar-refractivity contribution is 6.14. The van der Waals surface area contributed by atoms with E-state index < -0.39 is 29.7 Å². The van der Waals surface area contributed by atoms with Gasteiger partial charge in [-0.2, -0.15) is 0 Å². The largest absolute Gasteiger partial charge is 0.479 e. The van der Waals surface area contributed by atoms with Crippen molar-refractivity contribution in [3.8, 4) is 0 Å². The van der Waals surface area contributed by atoms with Crippen molar-refractivity contribution < 1.29 is 23.5 Å². The van der Waals surface area contributed by atoms with E-state index in [1.807, 2.05) is 0 Å². The molecule has 1 unspecified atom stereocenters. The van der Waals surface area contributed by atoms with E-state index in [0.29, 0.717) is 0 Å². The summed E-state index contributed by atoms with van der Waals surface area (Å²) in [5, 5.41) is 8.64. The van der Waals surface area contributed by atoms with Crippen molar-refractivity contribution in [2.45, 2.75) is 19.0 Å². The molecule has 0 aliphatic carbocycles. The molecule has 3 nitrogen and oxygen atoms in total. The molecular weight excluding hydrogens is 218 g/mol. The van der Waals surface area contributed by atoms with Gasteiger partial charge in [-0.3, -0.25) is 4.79 Å². The number of carboxylic acids is 1. The number of carbonyl (C=O) groups excluding carboxylic acids is 1. The predicted molar refractivity (Wildman–Crippen MR) is 52.5 cm³/mol. The van der Waals surface area contributed by atoms with E-state index in [1.54, 1.807) is 0 Å². The SMILES string of the molecule is CCC(F)(C(=O)O)C(=O)c1cccc(F)c1. The van der Waals surface area contributed by atoms with E-state index in [-0.39, 0.29) is 5.56 Å². The number of rotatable bonds is 4. The van der Waals surface area contributed by atoms with Gasteiger partial charge >= 0.3 is 5.97 Å². The minimum Gasteiger partial charge on any atom is -0.479 e. The summed E-state index contributed by atoms with van der Waals surface area (Å²) in [6, 6.07) is 4.30. The quantitative estimate of drug-likeness (QED) is 0.635. The van der Waals surface area contributed by atoms with Crippen LogP contribution in [0.4, 0.5) is 8.78 Å². The standard InChI is InChI=1S/C11H10F2O3/c1-2-11(13,10(15)16)9(14)7-4-3-5-8(12)6-7/h3-6H,2H2,1H3,(H,15,16). The highest BCUT2D eigenvalue weighted by Crippen LogP contribution is 2.23. The zero-order valence-corrected chi connectivity index (χ0v) is 8.54. The van der Waals surface area contributed by atoms with Crippen LogP contribution in [-0.2, 0) is 4.79 Å². The van der Waals surface area contributed by atoms with E-state index >= 15 is 0 Å². The summed E-state index contributed by atoms with van der Waals surface area (Å²) in [5.74, 6) is -3.80. The van der Waals surface area contributed by atoms with Gasteiger partial charge in [0.25, 0.3) is 5.67 Å². The van der Waals surface area contributed by atoms with Crippen LogP contribution in [0.2, 0.25) is 0 Å². The van der Waals surface area contributed by atoms with E-state index in [4.69, 9.17) is 5.11 Å². The van der Waals surface area contributed by atoms with Crippen molar-refractivity contribution >= 4 is 11.8 Å². The number of carboxylic acid groups (broad SMARTS) is 1. The third-order valence-corrected chi connectivity index (χ3v) is 2.27. The predicted octanol–water partition coefficient (Wildman–Crippen LogP) is 2.21. The maximum atomic E-state index is 13.8. The van der Waals surface area contributed by atoms with Gasteiger partial charge in [-0.05, 0) is 18.6 Å². The molecule has 1 aromatic rings. The number of hydrogen-bond donors (Lipinski definition) is 1. The Morgan fingerprint density at radius 3 is 2.50 bits per heavy atom. The van der Waals surface area contributed by atoms with E-state index in [9.17, 15) is 18.4 Å². The van der Waals surface area contributed by atoms with Crippen molar-refractivity contribution in [3.05, 3.63) is 35.6 Å². The summed E-state index contributed by atoms with van der Waals surface area (Å²) in [5.41, 5.74) is -3.28. The van der Waals surface area contributed by atoms with Crippen molar-refractivity contribution in [3.63, 3.8) is 0 Å². The second-order valence-corrected chi connectivity index (χ2v) is 3.30. The molecule has 1 atom stereocenters. The molecule has 1 rings (SSSR count). The van der Waals surface area contributed by atoms with Gasteiger partial charge in [-0.25, -0.2) is 13.6 Å². The minimum atomic E-state index is -2.99. The van der Waals surface area contributed by atoms with Crippen LogP contribution in [0.15, 0.2) is 24.3 Å². The summed E-state index contributed by atoms with van der Waals surface area (Å²) in [6.45, 7) is 1.24. The van der Waals surface area contributed by atoms with Crippen molar-refractivity contribution in [1.29, 1.82) is 0 Å². The first-order valence-electron chi connectivity index (χ1n) is 4.64. The van der Waals surface area contributed by atoms with Crippen LogP contribution in [0.5, 0.6) is 0 Å². The molecular formula is C11H10F2O3. The third kappa shape index (κ3) is 2.08. The second kappa shape index (κ2) is 4.38. The van der Waals surface area contributed by atoms with E-state index in [1.165, 1.54) is 19.1 Å². The number of aliphatic carboxylic acids is 1. The average molecular weight is 228 g/mol. The lowest BCUT2D eigenvalue weighted by Crippen LogP contribution is -2.41. The average Bonchev–Trinajstić information content (AvgIpc) is 2.26. The molecule has 0 radical (unpaired) electrons. The molecule has 0 fully saturated rings. The summed E-state index contributed by atoms with van der Waals surface area (Å²) < 4.78 is 26.6. The number of benzene rings is 1. The summed E-state index contributed by atoms with van der Waals surface area (Å²) >= 11 is 0. The molecule has 0 saturated carbocycles. The number of carbonyl (C=O) groups is 2. The van der Waals surface area contributed by atoms with Gasteiger partial charge in [-0.1, -0.05) is 19.1 Å². The molecule has 0 aliphatic heterocycles. The highest BCUT2D eigenvalue weighted by Gasteiger charge is 2.45. The van der Waals surface area contributed by atoms with Gasteiger partial charge in [0.1, 0.15) is 5.82 Å². The lowest BCUT2D eigenvalue weighted by Gasteiger charge is -2.16. The van der Waals surface area contributed by atoms with Gasteiger partial charge < -0.3 is 5.11 Å². The van der Waals surface area contributed by atoms with Gasteiger partial charge in [0, 0.05) is 5.56 Å². The maximum Gasteiger partial charge on any atom is 0.349 e. The zero-order valence-electron chi connectivity index (χ0n) is 8.54. The lowest BCUT2D eigenvalue weighted by molar-refractivity contribution is -0.147. The Kier molecular flexibility index (Phi) is 3.37. The van der Waals surface area contributed by atoms with Gasteiger partial charge in [-0.15, -0.1) is 0 Å². The maximum absolute atomic E-state index is 13.8. The normalized spacial score (nSPS) is 14.2. The Morgan fingerprint density at radius 1 is 1.44 bits per heavy atom. The Hall–Kier alpha value is -1.78. The van der Waals surface area contributed by atoms with Crippen LogP contribution < -0.4 is 0 Å². The zero-order chi connectivity index (χ0) is 12.3. The molecule has 0 aromatic heterocycles. The number of hydrogen-bond acceptors (Lipinski definition) is 2. The number of ketones is 1. The van der Waals surface area contributed by atoms with Gasteiger partial charge in [0.2, 0.25) is 5.78 Å². The Morgan fingerprint density at radius 2 is 2.06 bits per heavy atom. The van der Waals surface area contributed by atoms with Crippen LogP contribution in [-0.4, -0.2) is 22.5 Å². The molecule has 0 amide bonds. The number of alkyl halides is 1. The molecule has 0 heterocycles. The summed E-state index contributed by atoms with van der Waals surface area (Å²) in [6.07, 6.45) is -0.502. The summed E-state index contributed by atoms with van der Waals surface area (Å²) in [4.78, 5) is 22.2. The van der Waals surface area contributed by atoms with Gasteiger partial charge in [0.15, 0.2) is 0 Å². The smallest absolute Gasteiger partial charge is 0.349 e. The highest BCUT2D eigenvalue weighted by atomic mass is 19.1. The molecule has 86 valence electrons. The molecule has 16 heavy (non-hydrogen) atoms. The molecule has 0 spiro atoms. The van der Waals surface area contributed by atoms with Crippen molar-refractivity contribution in [1.82, 2.24) is 0 Å². The van der Waals surface area contributed by atoms with Crippen LogP contribution in [0.1, 0.15) is 23.7 Å². The molecule has 0 aliphatic rings. The first kappa shape index (κ1) is 12.3.